The summed E-state index contributed by atoms with van der Waals surface area (Å²) in [7, 11) is 0. The van der Waals surface area contributed by atoms with Crippen LogP contribution in [0.1, 0.15) is 243 Å². The van der Waals surface area contributed by atoms with Crippen LogP contribution >= 0.6 is 0 Å². The van der Waals surface area contributed by atoms with Gasteiger partial charge >= 0.3 is 0 Å². The van der Waals surface area contributed by atoms with Gasteiger partial charge in [-0.15, -0.1) is 0 Å². The van der Waals surface area contributed by atoms with Gasteiger partial charge in [-0.1, -0.05) is 126 Å². The van der Waals surface area contributed by atoms with Crippen LogP contribution in [0.3, 0.4) is 0 Å². The van der Waals surface area contributed by atoms with Gasteiger partial charge in [-0.05, 0) is 210 Å². The van der Waals surface area contributed by atoms with Gasteiger partial charge in [0, 0.05) is 23.5 Å². The Hall–Kier alpha value is -11.1. The van der Waals surface area contributed by atoms with E-state index in [1.165, 1.54) is 20.8 Å². The fourth-order valence-electron chi connectivity index (χ4n) is 14.6. The number of rotatable bonds is 71. The Kier molecular flexibility index (Phi) is 59.1. The van der Waals surface area contributed by atoms with E-state index in [2.05, 4.69) is 95.4 Å². The molecule has 34 N–H and O–H groups in total. The maximum Gasteiger partial charge on any atom is 0.243 e. The van der Waals surface area contributed by atoms with E-state index in [0.29, 0.717) is 145 Å². The van der Waals surface area contributed by atoms with Crippen molar-refractivity contribution in [2.45, 2.75) is 335 Å². The van der Waals surface area contributed by atoms with Gasteiger partial charge in [-0.25, -0.2) is 0 Å². The summed E-state index contributed by atoms with van der Waals surface area (Å²) in [5, 5.41) is 45.8. The number of amides is 18. The van der Waals surface area contributed by atoms with Crippen molar-refractivity contribution in [2.24, 2.45) is 75.5 Å². The molecule has 0 saturated heterocycles. The molecule has 44 heteroatoms. The molecule has 0 aliphatic rings. The third-order valence-corrected chi connectivity index (χ3v) is 24.5. The lowest BCUT2D eigenvalue weighted by Gasteiger charge is -2.30. The largest absolute Gasteiger partial charge is 0.368 e. The topological polar surface area (TPSA) is 736 Å². The van der Waals surface area contributed by atoms with E-state index in [-0.39, 0.29) is 76.5 Å². The molecule has 2 rings (SSSR count). The zero-order valence-electron chi connectivity index (χ0n) is 82.2. The lowest BCUT2D eigenvalue weighted by molar-refractivity contribution is -0.136. The summed E-state index contributed by atoms with van der Waals surface area (Å²) < 4.78 is 0. The third-order valence-electron chi connectivity index (χ3n) is 24.5. The average Bonchev–Trinajstić information content (AvgIpc) is 1.66. The summed E-state index contributed by atoms with van der Waals surface area (Å²) in [4.78, 5) is 254. The molecule has 1 aromatic carbocycles. The summed E-state index contributed by atoms with van der Waals surface area (Å²) in [6, 6.07) is -11.4. The van der Waals surface area contributed by atoms with E-state index in [9.17, 15) is 86.3 Å². The highest BCUT2D eigenvalue weighted by atomic mass is 16.2. The molecule has 2 aromatic rings. The number of primary amides is 1. The minimum atomic E-state index is -1.45. The monoisotopic (exact) mass is 1920 g/mol. The second kappa shape index (κ2) is 66.4. The Balaban J connectivity index is 2.40. The van der Waals surface area contributed by atoms with Crippen molar-refractivity contribution in [3.05, 3.63) is 36.0 Å². The summed E-state index contributed by atoms with van der Waals surface area (Å²) in [6.45, 7) is 21.2. The van der Waals surface area contributed by atoms with Crippen LogP contribution in [-0.4, -0.2) is 261 Å². The molecule has 0 saturated carbocycles. The number of carbonyl (C=O) groups is 18. The van der Waals surface area contributed by atoms with Gasteiger partial charge in [0.15, 0.2) is 0 Å². The number of aromatic nitrogens is 1. The summed E-state index contributed by atoms with van der Waals surface area (Å²) in [5.41, 5.74) is 47.7. The molecule has 0 unspecified atom stereocenters. The van der Waals surface area contributed by atoms with Gasteiger partial charge in [-0.2, -0.15) is 0 Å². The number of unbranched alkanes of at least 4 members (excludes halogenated alkanes) is 6. The second-order valence-electron chi connectivity index (χ2n) is 35.5. The predicted octanol–water partition coefficient (Wildman–Crippen LogP) is -3.28. The van der Waals surface area contributed by atoms with E-state index < -0.39 is 234 Å². The molecule has 0 spiro atoms. The molecule has 20 atom stereocenters. The maximum absolute atomic E-state index is 14.9. The van der Waals surface area contributed by atoms with Crippen LogP contribution in [0.25, 0.3) is 10.9 Å². The molecule has 18 amide bonds. The van der Waals surface area contributed by atoms with Crippen LogP contribution in [0.5, 0.6) is 0 Å². The molecular formula is C92H164N26O18. The van der Waals surface area contributed by atoms with Crippen LogP contribution < -0.4 is 136 Å². The van der Waals surface area contributed by atoms with Gasteiger partial charge in [0.1, 0.15) is 84.6 Å². The number of nitrogens with two attached hydrogens (primary N) is 8. The van der Waals surface area contributed by atoms with Crippen LogP contribution in [0.4, 0.5) is 0 Å². The van der Waals surface area contributed by atoms with Crippen molar-refractivity contribution >= 4 is 117 Å². The lowest BCUT2D eigenvalue weighted by atomic mass is 9.96. The molecule has 0 aliphatic carbocycles. The normalized spacial score (nSPS) is 15.7. The molecule has 44 nitrogen and oxygen atoms in total. The van der Waals surface area contributed by atoms with Crippen molar-refractivity contribution in [2.75, 3.05) is 58.9 Å². The first-order valence-corrected chi connectivity index (χ1v) is 48.5. The van der Waals surface area contributed by atoms with E-state index >= 15 is 0 Å². The summed E-state index contributed by atoms with van der Waals surface area (Å²) >= 11 is 0. The number of para-hydroxylation sites is 1. The average molecular weight is 1920 g/mol. The number of benzene rings is 1. The predicted molar refractivity (Wildman–Crippen MR) is 517 cm³/mol. The Morgan fingerprint density at radius 1 is 0.287 bits per heavy atom. The number of carbonyl (C=O) groups excluding carboxylic acids is 18. The minimum absolute atomic E-state index is 0.000951. The molecule has 0 bridgehead atoms. The highest BCUT2D eigenvalue weighted by Crippen LogP contribution is 2.22. The first-order valence-electron chi connectivity index (χ1n) is 48.5. The molecule has 136 heavy (non-hydrogen) atoms. The Labute approximate surface area is 800 Å². The van der Waals surface area contributed by atoms with E-state index in [1.807, 2.05) is 13.8 Å². The Bertz CT molecular complexity index is 4120. The second-order valence-corrected chi connectivity index (χ2v) is 35.5. The van der Waals surface area contributed by atoms with Crippen LogP contribution in [0.2, 0.25) is 0 Å². The zero-order chi connectivity index (χ0) is 102. The van der Waals surface area contributed by atoms with E-state index in [0.717, 1.165) is 0 Å². The van der Waals surface area contributed by atoms with E-state index in [4.69, 9.17) is 45.9 Å². The molecule has 0 fully saturated rings. The first-order chi connectivity index (χ1) is 64.6. The third kappa shape index (κ3) is 44.0. The minimum Gasteiger partial charge on any atom is -0.368 e. The fraction of sp³-hybridized carbons (Fsp3) is 0.717. The van der Waals surface area contributed by atoms with Crippen LogP contribution in [0.15, 0.2) is 30.5 Å². The van der Waals surface area contributed by atoms with Gasteiger partial charge in [-0.3, -0.25) is 86.3 Å². The molecule has 0 radical (unpaired) electrons. The molecule has 0 aliphatic heterocycles. The standard InChI is InChI=1S/C92H164N26O18/c1-14-52(6)73(78(100)122)114-85(129)65(37-23-29-43-95)108-79(123)58(12)106-72(121)51-104-90(134)75(54(8)16-3)116-88(132)68(40-26-32-46-98)112-92(136)77(56(10)18-5)118-87(131)67(39-25-31-45-97)109-80(124)57(11)105-70(119)49-102-83(127)69(47-60-48-101-63-35-20-19-33-61(60)63)113-84(128)64(36-22-28-42-94)111-91(135)76(55(9)17-4)117-86(130)66(38-24-30-44-96)110-81(125)59(13)107-71(120)50-103-89(133)74(53(7)15-2)115-82(126)62(99)34-21-27-41-93/h19-20,33,35,48,52-59,62,64-69,73-77,101H,14-18,21-32,34,36-47,49-51,93-99H2,1-13H3,(H2,100,122)(H,102,127)(H,103,133)(H,104,134)(H,105,119)(H,106,121)(H,107,120)(H,108,123)(H,109,124)(H,110,125)(H,111,135)(H,112,136)(H,113,128)(H,114,129)(H,115,126)(H,116,132)(H,117,130)(H,118,131)/t52-,53-,54-,55-,56-,57-,58-,59-,62-,64-,65-,66-,67-,68-,69-,73-,74-,75-,76-,77-/m0/s1. The quantitative estimate of drug-likeness (QED) is 0.0289. The van der Waals surface area contributed by atoms with Crippen molar-refractivity contribution in [3.8, 4) is 0 Å². The van der Waals surface area contributed by atoms with Crippen molar-refractivity contribution in [1.29, 1.82) is 0 Å². The number of H-pyrrole nitrogens is 1. The molecule has 770 valence electrons. The highest BCUT2D eigenvalue weighted by molar-refractivity contribution is 6.01. The Morgan fingerprint density at radius 2 is 0.544 bits per heavy atom. The maximum atomic E-state index is 14.9. The number of hydrogen-bond donors (Lipinski definition) is 26. The zero-order valence-corrected chi connectivity index (χ0v) is 82.2. The number of fused-ring (bicyclic) bond motifs is 1. The SMILES string of the molecule is CC[C@H](C)[C@H](NC(=O)[C@H](CCCCN)NC(=O)[C@H](C)NC(=O)CNC(=O)[C@@H](NC(=O)[C@H](CCCCN)NC(=O)[C@@H](NC(=O)[C@H](CCCCN)NC(=O)[C@H](C)NC(=O)CNC(=O)[C@H](Cc1c[nH]c2ccccc12)NC(=O)[C@H](CCCCN)NC(=O)[C@@H](NC(=O)[C@H](CCCCN)NC(=O)[C@H](C)NC(=O)CNC(=O)[C@@H](NC(=O)[C@@H](N)CCCCN)[C@@H](C)CC)[C@@H](C)CC)[C@@H](C)CC)[C@@H](C)CC)C(N)=O. The highest BCUT2D eigenvalue weighted by Gasteiger charge is 2.40. The number of aromatic amines is 1. The molecule has 1 aromatic heterocycles. The van der Waals surface area contributed by atoms with Crippen molar-refractivity contribution in [3.63, 3.8) is 0 Å². The van der Waals surface area contributed by atoms with Gasteiger partial charge < -0.3 is 141 Å². The molecule has 1 heterocycles. The van der Waals surface area contributed by atoms with Crippen molar-refractivity contribution in [1.82, 2.24) is 95.4 Å². The van der Waals surface area contributed by atoms with Gasteiger partial charge in [0.2, 0.25) is 106 Å². The van der Waals surface area contributed by atoms with Crippen LogP contribution in [0, 0.1) is 29.6 Å². The first kappa shape index (κ1) is 121. The van der Waals surface area contributed by atoms with Crippen molar-refractivity contribution < 1.29 is 86.3 Å². The molecular weight excluding hydrogens is 1760 g/mol. The van der Waals surface area contributed by atoms with Crippen LogP contribution in [-0.2, 0) is 92.7 Å². The number of nitrogens with one attached hydrogen (secondary N) is 18. The smallest absolute Gasteiger partial charge is 0.243 e. The number of hydrogen-bond acceptors (Lipinski definition) is 25. The van der Waals surface area contributed by atoms with Gasteiger partial charge in [0.05, 0.1) is 25.7 Å². The van der Waals surface area contributed by atoms with Gasteiger partial charge in [0.25, 0.3) is 0 Å². The fourth-order valence-corrected chi connectivity index (χ4v) is 14.6. The van der Waals surface area contributed by atoms with E-state index in [1.54, 1.807) is 85.9 Å². The Morgan fingerprint density at radius 3 is 0.853 bits per heavy atom. The lowest BCUT2D eigenvalue weighted by Crippen LogP contribution is -2.61. The summed E-state index contributed by atoms with van der Waals surface area (Å²) in [6.07, 6.45) is 9.27. The summed E-state index contributed by atoms with van der Waals surface area (Å²) in [5.74, 6) is -16.3.